The van der Waals surface area contributed by atoms with Gasteiger partial charge in [0.25, 0.3) is 0 Å². The van der Waals surface area contributed by atoms with Crippen LogP contribution in [0.4, 0.5) is 10.8 Å². The zero-order chi connectivity index (χ0) is 22.0. The van der Waals surface area contributed by atoms with Gasteiger partial charge in [-0.3, -0.25) is 9.59 Å². The first kappa shape index (κ1) is 20.8. The number of anilines is 2. The molecule has 0 aliphatic rings. The molecule has 2 N–H and O–H groups in total. The van der Waals surface area contributed by atoms with E-state index < -0.39 is 0 Å². The van der Waals surface area contributed by atoms with Crippen molar-refractivity contribution in [3.05, 3.63) is 76.7 Å². The predicted molar refractivity (Wildman–Crippen MR) is 128 cm³/mol. The summed E-state index contributed by atoms with van der Waals surface area (Å²) in [6, 6.07) is 18.0. The smallest absolute Gasteiger partial charge is 0.230 e. The molecule has 5 nitrogen and oxygen atoms in total. The predicted octanol–water partition coefficient (Wildman–Crippen LogP) is 5.72. The molecule has 4 rings (SSSR count). The van der Waals surface area contributed by atoms with Gasteiger partial charge in [-0.25, -0.2) is 4.98 Å². The number of benzene rings is 3. The number of aryl methyl sites for hydroxylation is 2. The van der Waals surface area contributed by atoms with Crippen molar-refractivity contribution in [3.8, 4) is 11.3 Å². The van der Waals surface area contributed by atoms with Gasteiger partial charge in [-0.1, -0.05) is 42.5 Å². The zero-order valence-electron chi connectivity index (χ0n) is 17.7. The molecule has 31 heavy (non-hydrogen) atoms. The summed E-state index contributed by atoms with van der Waals surface area (Å²) >= 11 is 1.37. The van der Waals surface area contributed by atoms with E-state index >= 15 is 0 Å². The van der Waals surface area contributed by atoms with E-state index in [1.54, 1.807) is 0 Å². The van der Waals surface area contributed by atoms with E-state index in [-0.39, 0.29) is 18.2 Å². The van der Waals surface area contributed by atoms with Crippen LogP contribution in [0, 0.1) is 13.8 Å². The highest BCUT2D eigenvalue weighted by molar-refractivity contribution is 7.14. The van der Waals surface area contributed by atoms with Crippen LogP contribution in [-0.4, -0.2) is 16.8 Å². The van der Waals surface area contributed by atoms with Gasteiger partial charge in [0.2, 0.25) is 11.8 Å². The van der Waals surface area contributed by atoms with Crippen molar-refractivity contribution in [2.45, 2.75) is 27.2 Å². The SMILES string of the molecule is CC(=O)Nc1cc(C)c(C)cc1-c1csc(NC(=O)Cc2cccc3ccccc23)n1. The quantitative estimate of drug-likeness (QED) is 0.426. The minimum atomic E-state index is -0.136. The summed E-state index contributed by atoms with van der Waals surface area (Å²) in [5.41, 5.74) is 5.45. The molecular weight excluding hydrogens is 406 g/mol. The summed E-state index contributed by atoms with van der Waals surface area (Å²) in [6.07, 6.45) is 0.275. The van der Waals surface area contributed by atoms with E-state index in [1.165, 1.54) is 18.3 Å². The molecule has 1 aromatic heterocycles. The fourth-order valence-corrected chi connectivity index (χ4v) is 4.29. The molecule has 4 aromatic rings. The number of thiazole rings is 1. The Kier molecular flexibility index (Phi) is 5.82. The van der Waals surface area contributed by atoms with Gasteiger partial charge < -0.3 is 10.6 Å². The number of nitrogens with one attached hydrogen (secondary N) is 2. The second-order valence-corrected chi connectivity index (χ2v) is 8.42. The summed E-state index contributed by atoms with van der Waals surface area (Å²) in [6.45, 7) is 5.51. The highest BCUT2D eigenvalue weighted by Crippen LogP contribution is 2.33. The van der Waals surface area contributed by atoms with Crippen molar-refractivity contribution < 1.29 is 9.59 Å². The van der Waals surface area contributed by atoms with Crippen LogP contribution in [0.1, 0.15) is 23.6 Å². The Labute approximate surface area is 185 Å². The highest BCUT2D eigenvalue weighted by Gasteiger charge is 2.14. The lowest BCUT2D eigenvalue weighted by Crippen LogP contribution is -2.14. The topological polar surface area (TPSA) is 71.1 Å². The van der Waals surface area contributed by atoms with Crippen molar-refractivity contribution in [2.24, 2.45) is 0 Å². The van der Waals surface area contributed by atoms with Crippen LogP contribution in [0.3, 0.4) is 0 Å². The lowest BCUT2D eigenvalue weighted by molar-refractivity contribution is -0.116. The average molecular weight is 430 g/mol. The Bertz CT molecular complexity index is 1290. The molecule has 1 heterocycles. The first-order chi connectivity index (χ1) is 14.9. The first-order valence-corrected chi connectivity index (χ1v) is 10.9. The molecule has 0 saturated carbocycles. The minimum absolute atomic E-state index is 0.112. The Morgan fingerprint density at radius 1 is 0.968 bits per heavy atom. The molecule has 0 radical (unpaired) electrons. The van der Waals surface area contributed by atoms with Crippen LogP contribution in [-0.2, 0) is 16.0 Å². The van der Waals surface area contributed by atoms with Crippen molar-refractivity contribution in [1.29, 1.82) is 0 Å². The van der Waals surface area contributed by atoms with Crippen LogP contribution in [0.15, 0.2) is 60.0 Å². The summed E-state index contributed by atoms with van der Waals surface area (Å²) < 4.78 is 0. The van der Waals surface area contributed by atoms with E-state index in [1.807, 2.05) is 73.8 Å². The summed E-state index contributed by atoms with van der Waals surface area (Å²) in [5.74, 6) is -0.247. The number of nitrogens with zero attached hydrogens (tertiary/aromatic N) is 1. The fourth-order valence-electron chi connectivity index (χ4n) is 3.56. The number of aromatic nitrogens is 1. The lowest BCUT2D eigenvalue weighted by atomic mass is 10.0. The Morgan fingerprint density at radius 2 is 1.71 bits per heavy atom. The largest absolute Gasteiger partial charge is 0.326 e. The second-order valence-electron chi connectivity index (χ2n) is 7.56. The molecule has 0 spiro atoms. The molecule has 3 aromatic carbocycles. The molecule has 0 atom stereocenters. The average Bonchev–Trinajstić information content (AvgIpc) is 3.18. The second kappa shape index (κ2) is 8.70. The van der Waals surface area contributed by atoms with E-state index in [0.717, 1.165) is 44.4 Å². The molecule has 0 aliphatic carbocycles. The maximum atomic E-state index is 12.7. The molecule has 0 bridgehead atoms. The van der Waals surface area contributed by atoms with Gasteiger partial charge in [0.1, 0.15) is 0 Å². The maximum absolute atomic E-state index is 12.7. The van der Waals surface area contributed by atoms with Crippen molar-refractivity contribution >= 4 is 44.7 Å². The minimum Gasteiger partial charge on any atom is -0.326 e. The standard InChI is InChI=1S/C25H23N3O2S/c1-15-11-21(22(12-16(15)2)26-17(3)29)23-14-31-25(27-23)28-24(30)13-19-9-6-8-18-7-4-5-10-20(18)19/h4-12,14H,13H2,1-3H3,(H,26,29)(H,27,28,30). The number of fused-ring (bicyclic) bond motifs is 1. The Balaban J connectivity index is 1.55. The van der Waals surface area contributed by atoms with Crippen LogP contribution in [0.5, 0.6) is 0 Å². The molecule has 0 fully saturated rings. The Morgan fingerprint density at radius 3 is 2.52 bits per heavy atom. The van der Waals surface area contributed by atoms with E-state index in [2.05, 4.69) is 15.6 Å². The van der Waals surface area contributed by atoms with Crippen molar-refractivity contribution in [3.63, 3.8) is 0 Å². The third kappa shape index (κ3) is 4.64. The van der Waals surface area contributed by atoms with Gasteiger partial charge in [0.15, 0.2) is 5.13 Å². The Hall–Kier alpha value is -3.51. The van der Waals surface area contributed by atoms with Gasteiger partial charge in [0, 0.05) is 17.9 Å². The van der Waals surface area contributed by atoms with Gasteiger partial charge in [-0.15, -0.1) is 11.3 Å². The molecule has 0 saturated heterocycles. The van der Waals surface area contributed by atoms with Crippen LogP contribution in [0.25, 0.3) is 22.0 Å². The molecular formula is C25H23N3O2S. The number of rotatable bonds is 5. The fraction of sp³-hybridized carbons (Fsp3) is 0.160. The van der Waals surface area contributed by atoms with Crippen molar-refractivity contribution in [2.75, 3.05) is 10.6 Å². The van der Waals surface area contributed by atoms with Crippen LogP contribution >= 0.6 is 11.3 Å². The lowest BCUT2D eigenvalue weighted by Gasteiger charge is -2.11. The monoisotopic (exact) mass is 429 g/mol. The number of hydrogen-bond donors (Lipinski definition) is 2. The molecule has 2 amide bonds. The van der Waals surface area contributed by atoms with E-state index in [9.17, 15) is 9.59 Å². The van der Waals surface area contributed by atoms with Gasteiger partial charge in [-0.05, 0) is 53.4 Å². The van der Waals surface area contributed by atoms with Crippen LogP contribution < -0.4 is 10.6 Å². The van der Waals surface area contributed by atoms with Gasteiger partial charge in [0.05, 0.1) is 17.8 Å². The third-order valence-corrected chi connectivity index (χ3v) is 5.96. The summed E-state index contributed by atoms with van der Waals surface area (Å²) in [4.78, 5) is 28.9. The van der Waals surface area contributed by atoms with Gasteiger partial charge in [-0.2, -0.15) is 0 Å². The highest BCUT2D eigenvalue weighted by atomic mass is 32.1. The number of carbonyl (C=O) groups is 2. The molecule has 0 aliphatic heterocycles. The summed E-state index contributed by atoms with van der Waals surface area (Å²) in [7, 11) is 0. The summed E-state index contributed by atoms with van der Waals surface area (Å²) in [5, 5.41) is 10.4. The molecule has 0 unspecified atom stereocenters. The molecule has 156 valence electrons. The first-order valence-electron chi connectivity index (χ1n) is 10.0. The van der Waals surface area contributed by atoms with Gasteiger partial charge >= 0.3 is 0 Å². The normalized spacial score (nSPS) is 10.8. The zero-order valence-corrected chi connectivity index (χ0v) is 18.5. The third-order valence-electron chi connectivity index (χ3n) is 5.20. The number of amides is 2. The number of hydrogen-bond acceptors (Lipinski definition) is 4. The molecule has 6 heteroatoms. The van der Waals surface area contributed by atoms with E-state index in [0.29, 0.717) is 5.13 Å². The maximum Gasteiger partial charge on any atom is 0.230 e. The van der Waals surface area contributed by atoms with Crippen molar-refractivity contribution in [1.82, 2.24) is 4.98 Å². The van der Waals surface area contributed by atoms with E-state index in [4.69, 9.17) is 0 Å². The van der Waals surface area contributed by atoms with Crippen LogP contribution in [0.2, 0.25) is 0 Å². The number of carbonyl (C=O) groups excluding carboxylic acids is 2.